The Labute approximate surface area is 187 Å². The molecule has 168 valence electrons. The van der Waals surface area contributed by atoms with E-state index in [9.17, 15) is 9.18 Å². The number of imidazole rings is 1. The van der Waals surface area contributed by atoms with Crippen molar-refractivity contribution < 1.29 is 9.18 Å². The Balaban J connectivity index is 1.32. The highest BCUT2D eigenvalue weighted by molar-refractivity contribution is 5.93. The van der Waals surface area contributed by atoms with E-state index >= 15 is 0 Å². The molecular weight excluding hydrogens is 405 g/mol. The first kappa shape index (κ1) is 20.9. The molecule has 1 N–H and O–H groups in total. The minimum absolute atomic E-state index is 0.0759. The van der Waals surface area contributed by atoms with Gasteiger partial charge in [-0.1, -0.05) is 44.2 Å². The van der Waals surface area contributed by atoms with Gasteiger partial charge in [0.15, 0.2) is 11.3 Å². The summed E-state index contributed by atoms with van der Waals surface area (Å²) in [6, 6.07) is 10.7. The van der Waals surface area contributed by atoms with Crippen molar-refractivity contribution >= 4 is 17.4 Å². The first-order valence-corrected chi connectivity index (χ1v) is 11.8. The molecule has 1 saturated heterocycles. The van der Waals surface area contributed by atoms with Crippen LogP contribution in [0.4, 0.5) is 10.2 Å². The third kappa shape index (κ3) is 4.33. The maximum Gasteiger partial charge on any atom is 0.271 e. The monoisotopic (exact) mass is 435 g/mol. The summed E-state index contributed by atoms with van der Waals surface area (Å²) < 4.78 is 15.4. The molecule has 32 heavy (non-hydrogen) atoms. The van der Waals surface area contributed by atoms with Gasteiger partial charge in [-0.2, -0.15) is 0 Å². The number of nitrogens with one attached hydrogen (secondary N) is 1. The number of fused-ring (bicyclic) bond motifs is 1. The lowest BCUT2D eigenvalue weighted by Gasteiger charge is -2.26. The molecule has 7 heteroatoms. The van der Waals surface area contributed by atoms with Gasteiger partial charge in [0, 0.05) is 13.1 Å². The van der Waals surface area contributed by atoms with Gasteiger partial charge < -0.3 is 10.2 Å². The molecule has 1 aromatic carbocycles. The second kappa shape index (κ2) is 9.27. The van der Waals surface area contributed by atoms with Crippen LogP contribution in [0.2, 0.25) is 0 Å². The minimum atomic E-state index is -0.223. The Morgan fingerprint density at radius 1 is 1.09 bits per heavy atom. The third-order valence-electron chi connectivity index (χ3n) is 6.92. The van der Waals surface area contributed by atoms with Crippen LogP contribution in [0.5, 0.6) is 0 Å². The predicted octanol–water partition coefficient (Wildman–Crippen LogP) is 4.91. The summed E-state index contributed by atoms with van der Waals surface area (Å²) in [5.41, 5.74) is 2.05. The number of benzene rings is 1. The lowest BCUT2D eigenvalue weighted by atomic mass is 9.87. The number of carbonyl (C=O) groups excluding carboxylic acids is 1. The minimum Gasteiger partial charge on any atom is -0.351 e. The van der Waals surface area contributed by atoms with Gasteiger partial charge in [0.05, 0.1) is 12.2 Å². The Morgan fingerprint density at radius 3 is 2.81 bits per heavy atom. The number of carbonyl (C=O) groups is 1. The number of hydrogen-bond acceptors (Lipinski definition) is 4. The van der Waals surface area contributed by atoms with Gasteiger partial charge in [-0.05, 0) is 55.0 Å². The Morgan fingerprint density at radius 2 is 1.97 bits per heavy atom. The normalized spacial score (nSPS) is 19.5. The van der Waals surface area contributed by atoms with Gasteiger partial charge >= 0.3 is 0 Å². The molecule has 0 bridgehead atoms. The molecule has 0 spiro atoms. The largest absolute Gasteiger partial charge is 0.351 e. The zero-order chi connectivity index (χ0) is 21.9. The van der Waals surface area contributed by atoms with Crippen LogP contribution < -0.4 is 10.2 Å². The van der Waals surface area contributed by atoms with E-state index in [0.29, 0.717) is 17.9 Å². The smallest absolute Gasteiger partial charge is 0.271 e. The van der Waals surface area contributed by atoms with Gasteiger partial charge in [-0.15, -0.1) is 5.10 Å². The van der Waals surface area contributed by atoms with Crippen LogP contribution in [0.25, 0.3) is 5.65 Å². The number of hydrogen-bond donors (Lipinski definition) is 1. The molecule has 1 aliphatic heterocycles. The number of nitrogens with zero attached hydrogens (tertiary/aromatic N) is 4. The fourth-order valence-corrected chi connectivity index (χ4v) is 5.23. The first-order chi connectivity index (χ1) is 15.7. The lowest BCUT2D eigenvalue weighted by Crippen LogP contribution is -2.28. The van der Waals surface area contributed by atoms with Crippen molar-refractivity contribution in [3.63, 3.8) is 0 Å². The molecule has 2 aromatic heterocycles. The maximum absolute atomic E-state index is 13.8. The molecule has 2 fully saturated rings. The summed E-state index contributed by atoms with van der Waals surface area (Å²) in [7, 11) is 0. The summed E-state index contributed by atoms with van der Waals surface area (Å²) >= 11 is 0. The molecular formula is C25H30FN5O. The Kier molecular flexibility index (Phi) is 6.06. The van der Waals surface area contributed by atoms with Gasteiger partial charge in [0.25, 0.3) is 5.91 Å². The molecule has 2 aliphatic rings. The zero-order valence-electron chi connectivity index (χ0n) is 18.3. The number of anilines is 1. The number of aromatic nitrogens is 3. The second-order valence-corrected chi connectivity index (χ2v) is 9.06. The molecule has 1 amide bonds. The van der Waals surface area contributed by atoms with Crippen LogP contribution in [-0.2, 0) is 0 Å². The average Bonchev–Trinajstić information content (AvgIpc) is 3.47. The molecule has 1 aliphatic carbocycles. The van der Waals surface area contributed by atoms with Crippen LogP contribution in [0.3, 0.4) is 0 Å². The maximum atomic E-state index is 13.8. The highest BCUT2D eigenvalue weighted by Crippen LogP contribution is 2.35. The van der Waals surface area contributed by atoms with Crippen LogP contribution >= 0.6 is 0 Å². The van der Waals surface area contributed by atoms with Crippen molar-refractivity contribution in [2.24, 2.45) is 5.92 Å². The van der Waals surface area contributed by atoms with E-state index in [-0.39, 0.29) is 17.8 Å². The first-order valence-electron chi connectivity index (χ1n) is 11.8. The summed E-state index contributed by atoms with van der Waals surface area (Å²) in [5.74, 6) is 1.14. The fraction of sp³-hybridized carbons (Fsp3) is 0.480. The van der Waals surface area contributed by atoms with Crippen molar-refractivity contribution in [1.82, 2.24) is 19.9 Å². The van der Waals surface area contributed by atoms with E-state index in [1.165, 1.54) is 38.2 Å². The molecule has 1 saturated carbocycles. The quantitative estimate of drug-likeness (QED) is 0.598. The number of amides is 1. The molecule has 5 rings (SSSR count). The summed E-state index contributed by atoms with van der Waals surface area (Å²) in [5, 5.41) is 7.82. The van der Waals surface area contributed by atoms with Gasteiger partial charge in [0.2, 0.25) is 0 Å². The van der Waals surface area contributed by atoms with E-state index in [1.54, 1.807) is 22.8 Å². The van der Waals surface area contributed by atoms with Crippen LogP contribution in [0.15, 0.2) is 42.6 Å². The molecule has 3 heterocycles. The van der Waals surface area contributed by atoms with Crippen molar-refractivity contribution in [2.75, 3.05) is 18.0 Å². The number of rotatable bonds is 6. The topological polar surface area (TPSA) is 62.5 Å². The van der Waals surface area contributed by atoms with Crippen LogP contribution in [-0.4, -0.2) is 33.6 Å². The van der Waals surface area contributed by atoms with Crippen molar-refractivity contribution in [3.8, 4) is 0 Å². The predicted molar refractivity (Wildman–Crippen MR) is 122 cm³/mol. The molecule has 0 unspecified atom stereocenters. The van der Waals surface area contributed by atoms with Gasteiger partial charge in [-0.25, -0.2) is 13.9 Å². The fourth-order valence-electron chi connectivity index (χ4n) is 5.23. The second-order valence-electron chi connectivity index (χ2n) is 9.06. The van der Waals surface area contributed by atoms with Crippen LogP contribution in [0, 0.1) is 11.7 Å². The molecule has 6 nitrogen and oxygen atoms in total. The highest BCUT2D eigenvalue weighted by atomic mass is 19.1. The van der Waals surface area contributed by atoms with Gasteiger partial charge in [-0.3, -0.25) is 4.79 Å². The molecule has 0 radical (unpaired) electrons. The zero-order valence-corrected chi connectivity index (χ0v) is 18.3. The summed E-state index contributed by atoms with van der Waals surface area (Å²) in [4.78, 5) is 19.4. The van der Waals surface area contributed by atoms with Crippen molar-refractivity contribution in [2.45, 2.75) is 57.4 Å². The lowest BCUT2D eigenvalue weighted by molar-refractivity contribution is 0.0943. The standard InChI is InChI=1S/C25H30FN5O/c26-20-9-4-8-19(16-20)21-10-5-15-30(21)24-12-11-23-28-17-22(31(23)29-24)25(32)27-14-13-18-6-2-1-3-7-18/h4,8-9,11-12,16-18,21H,1-3,5-7,10,13-15H2,(H,27,32)/t21-/m1/s1. The highest BCUT2D eigenvalue weighted by Gasteiger charge is 2.28. The Hall–Kier alpha value is -2.96. The van der Waals surface area contributed by atoms with E-state index in [1.807, 2.05) is 18.2 Å². The van der Waals surface area contributed by atoms with E-state index in [4.69, 9.17) is 5.10 Å². The summed E-state index contributed by atoms with van der Waals surface area (Å²) in [6.45, 7) is 1.53. The SMILES string of the molecule is O=C(NCCC1CCCCC1)c1cnc2ccc(N3CCC[C@@H]3c3cccc(F)c3)nn12. The van der Waals surface area contributed by atoms with E-state index in [0.717, 1.165) is 43.1 Å². The average molecular weight is 436 g/mol. The van der Waals surface area contributed by atoms with Crippen LogP contribution in [0.1, 0.15) is 73.5 Å². The third-order valence-corrected chi connectivity index (χ3v) is 6.92. The number of halogens is 1. The molecule has 3 aromatic rings. The van der Waals surface area contributed by atoms with E-state index in [2.05, 4.69) is 15.2 Å². The molecule has 1 atom stereocenters. The summed E-state index contributed by atoms with van der Waals surface area (Å²) in [6.07, 6.45) is 11.1. The Bertz CT molecular complexity index is 1090. The van der Waals surface area contributed by atoms with Crippen molar-refractivity contribution in [3.05, 3.63) is 59.7 Å². The van der Waals surface area contributed by atoms with Crippen molar-refractivity contribution in [1.29, 1.82) is 0 Å². The van der Waals surface area contributed by atoms with E-state index < -0.39 is 0 Å². The van der Waals surface area contributed by atoms with Gasteiger partial charge in [0.1, 0.15) is 11.6 Å².